The van der Waals surface area contributed by atoms with Gasteiger partial charge in [-0.2, -0.15) is 0 Å². The highest BCUT2D eigenvalue weighted by atomic mass is 32.2. The summed E-state index contributed by atoms with van der Waals surface area (Å²) in [4.78, 5) is 14.0. The first kappa shape index (κ1) is 29.2. The van der Waals surface area contributed by atoms with Crippen LogP contribution in [-0.2, 0) is 24.8 Å². The zero-order valence-corrected chi connectivity index (χ0v) is 24.6. The summed E-state index contributed by atoms with van der Waals surface area (Å²) in [6, 6.07) is 26.0. The Labute approximate surface area is 239 Å². The summed E-state index contributed by atoms with van der Waals surface area (Å²) in [7, 11) is -7.90. The zero-order chi connectivity index (χ0) is 28.9. The summed E-state index contributed by atoms with van der Waals surface area (Å²) < 4.78 is 56.4. The summed E-state index contributed by atoms with van der Waals surface area (Å²) in [5, 5.41) is 2.67. The highest BCUT2D eigenvalue weighted by Gasteiger charge is 2.27. The van der Waals surface area contributed by atoms with Crippen LogP contribution in [0.4, 0.5) is 17.1 Å². The van der Waals surface area contributed by atoms with E-state index in [4.69, 9.17) is 0 Å². The fraction of sp³-hybridized carbons (Fsp3) is 0.138. The first-order chi connectivity index (χ1) is 19.0. The van der Waals surface area contributed by atoms with Crippen LogP contribution in [0.25, 0.3) is 0 Å². The molecule has 0 saturated carbocycles. The van der Waals surface area contributed by atoms with Crippen molar-refractivity contribution in [2.45, 2.75) is 28.5 Å². The molecule has 0 spiro atoms. The first-order valence-corrected chi connectivity index (χ1v) is 16.4. The largest absolute Gasteiger partial charge is 0.325 e. The smallest absolute Gasteiger partial charge is 0.264 e. The van der Waals surface area contributed by atoms with Crippen molar-refractivity contribution in [1.82, 2.24) is 0 Å². The summed E-state index contributed by atoms with van der Waals surface area (Å²) in [6.07, 6.45) is 1.90. The molecule has 0 bridgehead atoms. The van der Waals surface area contributed by atoms with Gasteiger partial charge in [0.15, 0.2) is 0 Å². The van der Waals surface area contributed by atoms with Crippen LogP contribution >= 0.6 is 11.8 Å². The van der Waals surface area contributed by atoms with E-state index in [2.05, 4.69) is 10.0 Å². The van der Waals surface area contributed by atoms with E-state index < -0.39 is 32.5 Å². The number of thioether (sulfide) groups is 1. The van der Waals surface area contributed by atoms with Gasteiger partial charge in [-0.1, -0.05) is 29.8 Å². The molecule has 0 aromatic heterocycles. The Hall–Kier alpha value is -3.80. The molecule has 0 aliphatic carbocycles. The van der Waals surface area contributed by atoms with Crippen molar-refractivity contribution >= 4 is 54.8 Å². The lowest BCUT2D eigenvalue weighted by atomic mass is 10.2. The minimum atomic E-state index is -4.06. The molecular formula is C29H29N3O5S3. The van der Waals surface area contributed by atoms with Crippen LogP contribution in [-0.4, -0.2) is 35.5 Å². The molecule has 0 atom stereocenters. The molecule has 4 rings (SSSR count). The second-order valence-electron chi connectivity index (χ2n) is 9.07. The molecular weight excluding hydrogens is 567 g/mol. The predicted octanol–water partition coefficient (Wildman–Crippen LogP) is 5.66. The van der Waals surface area contributed by atoms with Crippen molar-refractivity contribution in [2.75, 3.05) is 27.1 Å². The molecule has 0 unspecified atom stereocenters. The van der Waals surface area contributed by atoms with Crippen LogP contribution < -0.4 is 14.3 Å². The second-order valence-corrected chi connectivity index (χ2v) is 13.5. The number of nitrogens with zero attached hydrogens (tertiary/aromatic N) is 1. The van der Waals surface area contributed by atoms with Crippen molar-refractivity contribution < 1.29 is 21.6 Å². The van der Waals surface area contributed by atoms with E-state index >= 15 is 0 Å². The normalized spacial score (nSPS) is 11.6. The number of carbonyl (C=O) groups excluding carboxylic acids is 1. The molecule has 40 heavy (non-hydrogen) atoms. The quantitative estimate of drug-likeness (QED) is 0.229. The zero-order valence-electron chi connectivity index (χ0n) is 22.2. The molecule has 8 nitrogen and oxygen atoms in total. The maximum absolute atomic E-state index is 13.6. The monoisotopic (exact) mass is 595 g/mol. The molecule has 0 aliphatic rings. The third-order valence-corrected chi connectivity index (χ3v) is 9.90. The van der Waals surface area contributed by atoms with E-state index in [0.717, 1.165) is 20.3 Å². The Balaban J connectivity index is 1.53. The SMILES string of the molecule is CSc1ccc(S(=O)(=O)N(CC(=O)Nc2ccc(S(=O)(=O)Nc3cccc(C)c3)cc2)c2ccc(C)cc2)cc1. The first-order valence-electron chi connectivity index (χ1n) is 12.2. The highest BCUT2D eigenvalue weighted by molar-refractivity contribution is 7.98. The Morgan fingerprint density at radius 1 is 0.750 bits per heavy atom. The van der Waals surface area contributed by atoms with Crippen molar-refractivity contribution in [1.29, 1.82) is 0 Å². The van der Waals surface area contributed by atoms with Gasteiger partial charge >= 0.3 is 0 Å². The van der Waals surface area contributed by atoms with Gasteiger partial charge in [-0.25, -0.2) is 16.8 Å². The van der Waals surface area contributed by atoms with E-state index in [1.54, 1.807) is 54.6 Å². The Morgan fingerprint density at radius 2 is 1.38 bits per heavy atom. The number of anilines is 3. The average molecular weight is 596 g/mol. The molecule has 0 radical (unpaired) electrons. The van der Waals surface area contributed by atoms with Gasteiger partial charge in [-0.05, 0) is 98.5 Å². The number of hydrogen-bond donors (Lipinski definition) is 2. The summed E-state index contributed by atoms with van der Waals surface area (Å²) in [6.45, 7) is 3.27. The molecule has 0 aliphatic heterocycles. The minimum absolute atomic E-state index is 0.0181. The molecule has 2 N–H and O–H groups in total. The van der Waals surface area contributed by atoms with Crippen LogP contribution in [0.3, 0.4) is 0 Å². The van der Waals surface area contributed by atoms with Crippen molar-refractivity contribution in [3.05, 3.63) is 108 Å². The molecule has 4 aromatic rings. The van der Waals surface area contributed by atoms with Crippen molar-refractivity contribution in [3.8, 4) is 0 Å². The molecule has 11 heteroatoms. The fourth-order valence-electron chi connectivity index (χ4n) is 3.87. The molecule has 1 amide bonds. The molecule has 0 fully saturated rings. The minimum Gasteiger partial charge on any atom is -0.325 e. The molecule has 0 heterocycles. The second kappa shape index (κ2) is 12.2. The van der Waals surface area contributed by atoms with E-state index in [9.17, 15) is 21.6 Å². The lowest BCUT2D eigenvalue weighted by Crippen LogP contribution is -2.38. The van der Waals surface area contributed by atoms with Crippen LogP contribution in [0.2, 0.25) is 0 Å². The van der Waals surface area contributed by atoms with Gasteiger partial charge in [0.1, 0.15) is 6.54 Å². The average Bonchev–Trinajstić information content (AvgIpc) is 2.92. The number of aryl methyl sites for hydroxylation is 2. The Bertz CT molecular complexity index is 1700. The van der Waals surface area contributed by atoms with E-state index in [1.807, 2.05) is 26.2 Å². The number of sulfonamides is 2. The van der Waals surface area contributed by atoms with Gasteiger partial charge in [0, 0.05) is 16.3 Å². The number of carbonyl (C=O) groups is 1. The van der Waals surface area contributed by atoms with Gasteiger partial charge in [0.2, 0.25) is 5.91 Å². The van der Waals surface area contributed by atoms with Gasteiger partial charge in [0.05, 0.1) is 15.5 Å². The highest BCUT2D eigenvalue weighted by Crippen LogP contribution is 2.26. The molecule has 208 valence electrons. The van der Waals surface area contributed by atoms with Gasteiger partial charge in [-0.15, -0.1) is 11.8 Å². The van der Waals surface area contributed by atoms with E-state index in [0.29, 0.717) is 17.1 Å². The third-order valence-electron chi connectivity index (χ3n) is 5.98. The van der Waals surface area contributed by atoms with Crippen molar-refractivity contribution in [2.24, 2.45) is 0 Å². The number of benzene rings is 4. The van der Waals surface area contributed by atoms with Crippen LogP contribution in [0.15, 0.2) is 112 Å². The van der Waals surface area contributed by atoms with E-state index in [1.165, 1.54) is 48.2 Å². The number of nitrogens with one attached hydrogen (secondary N) is 2. The third kappa shape index (κ3) is 7.04. The van der Waals surface area contributed by atoms with Crippen LogP contribution in [0.5, 0.6) is 0 Å². The standard InChI is InChI=1S/C29H29N3O5S3/c1-21-7-11-25(12-8-21)32(40(36,37)28-17-13-26(38-3)14-18-28)20-29(33)30-23-9-15-27(16-10-23)39(34,35)31-24-6-4-5-22(2)19-24/h4-19,31H,20H2,1-3H3,(H,30,33). The lowest BCUT2D eigenvalue weighted by molar-refractivity contribution is -0.114. The lowest BCUT2D eigenvalue weighted by Gasteiger charge is -2.24. The van der Waals surface area contributed by atoms with Gasteiger partial charge < -0.3 is 5.32 Å². The number of rotatable bonds is 10. The van der Waals surface area contributed by atoms with Gasteiger partial charge in [0.25, 0.3) is 20.0 Å². The summed E-state index contributed by atoms with van der Waals surface area (Å²) in [5.41, 5.74) is 2.97. The van der Waals surface area contributed by atoms with E-state index in [-0.39, 0.29) is 9.79 Å². The maximum Gasteiger partial charge on any atom is 0.264 e. The maximum atomic E-state index is 13.6. The van der Waals surface area contributed by atoms with Gasteiger partial charge in [-0.3, -0.25) is 13.8 Å². The van der Waals surface area contributed by atoms with Crippen LogP contribution in [0.1, 0.15) is 11.1 Å². The summed E-state index contributed by atoms with van der Waals surface area (Å²) in [5.74, 6) is -0.585. The predicted molar refractivity (Wildman–Crippen MR) is 161 cm³/mol. The van der Waals surface area contributed by atoms with Crippen molar-refractivity contribution in [3.63, 3.8) is 0 Å². The Morgan fingerprint density at radius 3 is 1.98 bits per heavy atom. The Kier molecular flexibility index (Phi) is 8.87. The number of hydrogen-bond acceptors (Lipinski definition) is 6. The molecule has 0 saturated heterocycles. The number of amides is 1. The topological polar surface area (TPSA) is 113 Å². The fourth-order valence-corrected chi connectivity index (χ4v) is 6.75. The summed E-state index contributed by atoms with van der Waals surface area (Å²) >= 11 is 1.50. The van der Waals surface area contributed by atoms with Crippen LogP contribution in [0, 0.1) is 13.8 Å². The molecule has 4 aromatic carbocycles.